The van der Waals surface area contributed by atoms with Gasteiger partial charge in [-0.1, -0.05) is 13.3 Å². The van der Waals surface area contributed by atoms with E-state index < -0.39 is 0 Å². The van der Waals surface area contributed by atoms with Crippen molar-refractivity contribution in [1.82, 2.24) is 5.32 Å². The van der Waals surface area contributed by atoms with E-state index in [-0.39, 0.29) is 0 Å². The first kappa shape index (κ1) is 11.8. The minimum absolute atomic E-state index is 0.337. The molecule has 1 atom stereocenters. The molecule has 0 saturated carbocycles. The van der Waals surface area contributed by atoms with Gasteiger partial charge in [0.15, 0.2) is 0 Å². The average Bonchev–Trinajstić information content (AvgIpc) is 2.61. The lowest BCUT2D eigenvalue weighted by Crippen LogP contribution is -2.30. The van der Waals surface area contributed by atoms with Crippen molar-refractivity contribution in [3.63, 3.8) is 0 Å². The Labute approximate surface area is 109 Å². The predicted molar refractivity (Wildman–Crippen MR) is 74.5 cm³/mol. The zero-order valence-corrected chi connectivity index (χ0v) is 11.1. The molecule has 2 aliphatic heterocycles. The summed E-state index contributed by atoms with van der Waals surface area (Å²) >= 11 is 0. The zero-order chi connectivity index (χ0) is 12.4. The highest BCUT2D eigenvalue weighted by atomic mass is 16.5. The van der Waals surface area contributed by atoms with Gasteiger partial charge in [-0.25, -0.2) is 0 Å². The molecule has 0 unspecified atom stereocenters. The van der Waals surface area contributed by atoms with Gasteiger partial charge < -0.3 is 15.4 Å². The summed E-state index contributed by atoms with van der Waals surface area (Å²) in [6, 6.07) is 4.55. The molecule has 0 radical (unpaired) electrons. The van der Waals surface area contributed by atoms with Crippen molar-refractivity contribution in [2.45, 2.75) is 38.7 Å². The third kappa shape index (κ3) is 2.32. The van der Waals surface area contributed by atoms with E-state index >= 15 is 0 Å². The Morgan fingerprint density at radius 1 is 1.22 bits per heavy atom. The second kappa shape index (κ2) is 5.19. The quantitative estimate of drug-likeness (QED) is 0.840. The summed E-state index contributed by atoms with van der Waals surface area (Å²) in [5, 5.41) is 6.98. The molecule has 3 nitrogen and oxygen atoms in total. The minimum Gasteiger partial charge on any atom is -0.486 e. The summed E-state index contributed by atoms with van der Waals surface area (Å²) in [5.74, 6) is 1.06. The number of nitrogens with one attached hydrogen (secondary N) is 2. The van der Waals surface area contributed by atoms with Crippen LogP contribution in [-0.4, -0.2) is 25.7 Å². The van der Waals surface area contributed by atoms with Gasteiger partial charge in [0, 0.05) is 0 Å². The van der Waals surface area contributed by atoms with E-state index in [1.54, 1.807) is 0 Å². The smallest absolute Gasteiger partial charge is 0.143 e. The van der Waals surface area contributed by atoms with Crippen LogP contribution in [0.3, 0.4) is 0 Å². The Bertz CT molecular complexity index is 431. The van der Waals surface area contributed by atoms with Crippen molar-refractivity contribution in [3.05, 3.63) is 23.3 Å². The lowest BCUT2D eigenvalue weighted by molar-refractivity contribution is 0.194. The maximum absolute atomic E-state index is 6.10. The molecule has 2 N–H and O–H groups in total. The highest BCUT2D eigenvalue weighted by Gasteiger charge is 2.20. The van der Waals surface area contributed by atoms with Gasteiger partial charge in [-0.05, 0) is 55.6 Å². The molecule has 3 heteroatoms. The van der Waals surface area contributed by atoms with Crippen molar-refractivity contribution in [2.24, 2.45) is 0 Å². The van der Waals surface area contributed by atoms with Crippen LogP contribution in [-0.2, 0) is 12.8 Å². The van der Waals surface area contributed by atoms with Gasteiger partial charge in [0.1, 0.15) is 11.9 Å². The van der Waals surface area contributed by atoms with E-state index in [4.69, 9.17) is 4.74 Å². The largest absolute Gasteiger partial charge is 0.486 e. The van der Waals surface area contributed by atoms with Gasteiger partial charge in [0.25, 0.3) is 0 Å². The van der Waals surface area contributed by atoms with Gasteiger partial charge >= 0.3 is 0 Å². The standard InChI is InChI=1S/C15H22N2O/c1-2-3-13-10-17-14-8-11-4-6-16-7-5-12(11)9-15(14)18-13/h8-9,13,16-17H,2-7,10H2,1H3/t13-/m0/s1. The van der Waals surface area contributed by atoms with Gasteiger partial charge in [-0.15, -0.1) is 0 Å². The topological polar surface area (TPSA) is 33.3 Å². The molecule has 0 aromatic heterocycles. The molecule has 2 heterocycles. The van der Waals surface area contributed by atoms with E-state index in [1.165, 1.54) is 23.2 Å². The molecule has 2 aliphatic rings. The Morgan fingerprint density at radius 2 is 2.00 bits per heavy atom. The lowest BCUT2D eigenvalue weighted by atomic mass is 10.0. The Morgan fingerprint density at radius 3 is 2.78 bits per heavy atom. The average molecular weight is 246 g/mol. The van der Waals surface area contributed by atoms with Gasteiger partial charge in [-0.2, -0.15) is 0 Å². The maximum atomic E-state index is 6.10. The molecule has 0 aliphatic carbocycles. The molecule has 1 aromatic carbocycles. The number of ether oxygens (including phenoxy) is 1. The molecule has 0 amide bonds. The van der Waals surface area contributed by atoms with E-state index in [0.29, 0.717) is 6.10 Å². The van der Waals surface area contributed by atoms with Crippen LogP contribution in [0.1, 0.15) is 30.9 Å². The minimum atomic E-state index is 0.337. The molecule has 0 bridgehead atoms. The van der Waals surface area contributed by atoms with E-state index in [2.05, 4.69) is 29.7 Å². The summed E-state index contributed by atoms with van der Waals surface area (Å²) in [6.45, 7) is 5.32. The zero-order valence-electron chi connectivity index (χ0n) is 11.1. The number of rotatable bonds is 2. The van der Waals surface area contributed by atoms with Crippen LogP contribution in [0.2, 0.25) is 0 Å². The van der Waals surface area contributed by atoms with Crippen molar-refractivity contribution >= 4 is 5.69 Å². The summed E-state index contributed by atoms with van der Waals surface area (Å²) in [5.41, 5.74) is 4.12. The third-order valence-corrected chi connectivity index (χ3v) is 3.87. The fourth-order valence-corrected chi connectivity index (χ4v) is 2.87. The molecule has 98 valence electrons. The van der Waals surface area contributed by atoms with Crippen LogP contribution in [0.25, 0.3) is 0 Å². The SMILES string of the molecule is CCC[C@H]1CNc2cc3c(cc2O1)CCNCC3. The number of hydrogen-bond acceptors (Lipinski definition) is 3. The molecule has 3 rings (SSSR count). The highest BCUT2D eigenvalue weighted by molar-refractivity contribution is 5.62. The number of anilines is 1. The molecule has 18 heavy (non-hydrogen) atoms. The summed E-state index contributed by atoms with van der Waals surface area (Å²) in [7, 11) is 0. The van der Waals surface area contributed by atoms with Crippen molar-refractivity contribution in [2.75, 3.05) is 25.0 Å². The van der Waals surface area contributed by atoms with Crippen LogP contribution in [0.4, 0.5) is 5.69 Å². The molecule has 1 aromatic rings. The first-order valence-corrected chi connectivity index (χ1v) is 7.14. The fourth-order valence-electron chi connectivity index (χ4n) is 2.87. The van der Waals surface area contributed by atoms with Crippen LogP contribution in [0.5, 0.6) is 5.75 Å². The van der Waals surface area contributed by atoms with Crippen LogP contribution < -0.4 is 15.4 Å². The van der Waals surface area contributed by atoms with Crippen LogP contribution >= 0.6 is 0 Å². The number of benzene rings is 1. The number of hydrogen-bond donors (Lipinski definition) is 2. The second-order valence-electron chi connectivity index (χ2n) is 5.28. The summed E-state index contributed by atoms with van der Waals surface area (Å²) in [6.07, 6.45) is 4.89. The second-order valence-corrected chi connectivity index (χ2v) is 5.28. The Balaban J connectivity index is 1.86. The Kier molecular flexibility index (Phi) is 3.41. The maximum Gasteiger partial charge on any atom is 0.143 e. The van der Waals surface area contributed by atoms with Crippen LogP contribution in [0, 0.1) is 0 Å². The predicted octanol–water partition coefficient (Wildman–Crippen LogP) is 2.35. The fraction of sp³-hybridized carbons (Fsp3) is 0.600. The van der Waals surface area contributed by atoms with E-state index in [9.17, 15) is 0 Å². The summed E-state index contributed by atoms with van der Waals surface area (Å²) in [4.78, 5) is 0. The van der Waals surface area contributed by atoms with Crippen molar-refractivity contribution < 1.29 is 4.74 Å². The first-order chi connectivity index (χ1) is 8.86. The van der Waals surface area contributed by atoms with E-state index in [0.717, 1.165) is 44.6 Å². The molecular weight excluding hydrogens is 224 g/mol. The highest BCUT2D eigenvalue weighted by Crippen LogP contribution is 2.34. The van der Waals surface area contributed by atoms with E-state index in [1.807, 2.05) is 0 Å². The molecular formula is C15H22N2O. The normalized spacial score (nSPS) is 22.2. The molecule has 0 spiro atoms. The Hall–Kier alpha value is -1.22. The van der Waals surface area contributed by atoms with Gasteiger partial charge in [0.2, 0.25) is 0 Å². The van der Waals surface area contributed by atoms with Crippen molar-refractivity contribution in [3.8, 4) is 5.75 Å². The third-order valence-electron chi connectivity index (χ3n) is 3.87. The molecule has 0 saturated heterocycles. The van der Waals surface area contributed by atoms with Gasteiger partial charge in [0.05, 0.1) is 12.2 Å². The lowest BCUT2D eigenvalue weighted by Gasteiger charge is -2.28. The summed E-state index contributed by atoms with van der Waals surface area (Å²) < 4.78 is 6.10. The van der Waals surface area contributed by atoms with Crippen LogP contribution in [0.15, 0.2) is 12.1 Å². The number of fused-ring (bicyclic) bond motifs is 2. The first-order valence-electron chi connectivity index (χ1n) is 7.14. The van der Waals surface area contributed by atoms with Crippen molar-refractivity contribution in [1.29, 1.82) is 0 Å². The monoisotopic (exact) mass is 246 g/mol. The molecule has 0 fully saturated rings. The van der Waals surface area contributed by atoms with Gasteiger partial charge in [-0.3, -0.25) is 0 Å².